The van der Waals surface area contributed by atoms with Crippen LogP contribution in [0.25, 0.3) is 0 Å². The number of rotatable bonds is 0. The second-order valence-corrected chi connectivity index (χ2v) is 0.758. The normalized spacial score (nSPS) is 3.71. The van der Waals surface area contributed by atoms with Gasteiger partial charge < -0.3 is 0 Å². The van der Waals surface area contributed by atoms with Gasteiger partial charge in [0.05, 0.1) is 0 Å². The van der Waals surface area contributed by atoms with E-state index >= 15 is 0 Å². The molecule has 0 aliphatic carbocycles. The molecule has 0 rings (SSSR count). The molecule has 0 heterocycles. The van der Waals surface area contributed by atoms with Crippen LogP contribution in [0.2, 0.25) is 0 Å². The van der Waals surface area contributed by atoms with Crippen LogP contribution in [-0.4, -0.2) is 9.79 Å². The minimum Gasteiger partial charge on any atom is -0.147 e. The number of hydrogen-bond donors (Lipinski definition) is 2. The van der Waals surface area contributed by atoms with Crippen molar-refractivity contribution in [3.8, 4) is 0 Å². The summed E-state index contributed by atoms with van der Waals surface area (Å²) in [5, 5.41) is 0. The standard InChI is InChI=1S/CH4.2ClH.HO3P/c;;;1-4(2)3/h1H4;2*1H;(H-,1,2,3)/p+1. The van der Waals surface area contributed by atoms with Gasteiger partial charge in [0.2, 0.25) is 0 Å². The maximum absolute atomic E-state index is 8.70. The molecule has 7 heavy (non-hydrogen) atoms. The van der Waals surface area contributed by atoms with Gasteiger partial charge in [0.15, 0.2) is 0 Å². The Kier molecular flexibility index (Phi) is 58.3. The van der Waals surface area contributed by atoms with Crippen LogP contribution >= 0.6 is 33.1 Å². The predicted molar refractivity (Wildman–Crippen MR) is 33.3 cm³/mol. The highest BCUT2D eigenvalue weighted by molar-refractivity contribution is 7.30. The summed E-state index contributed by atoms with van der Waals surface area (Å²) in [6.07, 6.45) is 0. The van der Waals surface area contributed by atoms with Crippen molar-refractivity contribution in [1.82, 2.24) is 0 Å². The lowest BCUT2D eigenvalue weighted by Gasteiger charge is -1.34. The minimum atomic E-state index is -2.87. The zero-order valence-electron chi connectivity index (χ0n) is 2.57. The van der Waals surface area contributed by atoms with Gasteiger partial charge in [0, 0.05) is 4.57 Å². The second kappa shape index (κ2) is 16.0. The monoisotopic (exact) mass is 169 g/mol. The molecule has 0 saturated heterocycles. The van der Waals surface area contributed by atoms with E-state index in [0.717, 1.165) is 0 Å². The molecule has 0 spiro atoms. The van der Waals surface area contributed by atoms with Crippen LogP contribution in [0.1, 0.15) is 7.43 Å². The molecule has 0 unspecified atom stereocenters. The number of halogens is 2. The largest absolute Gasteiger partial charge is 0.692 e. The van der Waals surface area contributed by atoms with Crippen molar-refractivity contribution in [1.29, 1.82) is 0 Å². The molecule has 0 aromatic heterocycles. The van der Waals surface area contributed by atoms with Crippen LogP contribution in [0.5, 0.6) is 0 Å². The molecule has 0 aromatic rings. The van der Waals surface area contributed by atoms with Gasteiger partial charge in [-0.05, 0) is 0 Å². The molecule has 0 aromatic carbocycles. The summed E-state index contributed by atoms with van der Waals surface area (Å²) in [5.41, 5.74) is 0. The van der Waals surface area contributed by atoms with Crippen molar-refractivity contribution >= 4 is 33.1 Å². The average Bonchev–Trinajstić information content (AvgIpc) is 0.811. The highest BCUT2D eigenvalue weighted by Crippen LogP contribution is 1.98. The predicted octanol–water partition coefficient (Wildman–Crippen LogP) is 1.11. The van der Waals surface area contributed by atoms with E-state index < -0.39 is 8.25 Å². The van der Waals surface area contributed by atoms with Crippen molar-refractivity contribution in [2.45, 2.75) is 7.43 Å². The van der Waals surface area contributed by atoms with E-state index in [0.29, 0.717) is 0 Å². The summed E-state index contributed by atoms with van der Waals surface area (Å²) in [5.74, 6) is 0. The van der Waals surface area contributed by atoms with Gasteiger partial charge in [0.1, 0.15) is 0 Å². The number of hydrogen-bond acceptors (Lipinski definition) is 1. The Morgan fingerprint density at radius 1 is 1.14 bits per heavy atom. The molecular weight excluding hydrogens is 162 g/mol. The van der Waals surface area contributed by atoms with Gasteiger partial charge in [0.25, 0.3) is 0 Å². The molecule has 2 N–H and O–H groups in total. The average molecular weight is 170 g/mol. The first-order valence-electron chi connectivity index (χ1n) is 0.583. The second-order valence-electron chi connectivity index (χ2n) is 0.253. The topological polar surface area (TPSA) is 57.5 Å². The Bertz CT molecular complexity index is 35.9. The molecule has 0 saturated carbocycles. The Labute approximate surface area is 55.5 Å². The third kappa shape index (κ3) is 388. The summed E-state index contributed by atoms with van der Waals surface area (Å²) >= 11 is 0. The molecule has 0 aliphatic rings. The highest BCUT2D eigenvalue weighted by Gasteiger charge is 1.93. The maximum atomic E-state index is 8.70. The van der Waals surface area contributed by atoms with E-state index in [-0.39, 0.29) is 32.2 Å². The van der Waals surface area contributed by atoms with E-state index in [1.54, 1.807) is 0 Å². The molecule has 3 nitrogen and oxygen atoms in total. The van der Waals surface area contributed by atoms with Crippen molar-refractivity contribution in [3.63, 3.8) is 0 Å². The van der Waals surface area contributed by atoms with E-state index in [2.05, 4.69) is 0 Å². The van der Waals surface area contributed by atoms with Gasteiger partial charge >= 0.3 is 8.25 Å². The van der Waals surface area contributed by atoms with E-state index in [4.69, 9.17) is 14.4 Å². The van der Waals surface area contributed by atoms with Gasteiger partial charge in [-0.15, -0.1) is 34.6 Å². The minimum absolute atomic E-state index is 0. The van der Waals surface area contributed by atoms with E-state index in [1.807, 2.05) is 0 Å². The quantitative estimate of drug-likeness (QED) is 0.535. The third-order valence-electron chi connectivity index (χ3n) is 0. The molecule has 0 fully saturated rings. The smallest absolute Gasteiger partial charge is 0.147 e. The van der Waals surface area contributed by atoms with Crippen LogP contribution in [0.4, 0.5) is 0 Å². The molecule has 0 aliphatic heterocycles. The molecule has 0 bridgehead atoms. The first-order valence-corrected chi connectivity index (χ1v) is 1.75. The maximum Gasteiger partial charge on any atom is 0.692 e. The molecule has 48 valence electrons. The zero-order valence-corrected chi connectivity index (χ0v) is 5.09. The lowest BCUT2D eigenvalue weighted by Crippen LogP contribution is -1.38. The molecule has 6 heteroatoms. The third-order valence-corrected chi connectivity index (χ3v) is 0. The zero-order chi connectivity index (χ0) is 3.58. The van der Waals surface area contributed by atoms with Crippen molar-refractivity contribution < 1.29 is 14.4 Å². The van der Waals surface area contributed by atoms with Crippen molar-refractivity contribution in [3.05, 3.63) is 0 Å². The van der Waals surface area contributed by atoms with Gasteiger partial charge in [-0.3, -0.25) is 0 Å². The molecule has 0 radical (unpaired) electrons. The molecule has 0 atom stereocenters. The Hall–Kier alpha value is 0.600. The van der Waals surface area contributed by atoms with E-state index in [1.165, 1.54) is 0 Å². The molecule has 0 amide bonds. The summed E-state index contributed by atoms with van der Waals surface area (Å²) < 4.78 is 8.70. The van der Waals surface area contributed by atoms with Crippen LogP contribution < -0.4 is 0 Å². The lowest BCUT2D eigenvalue weighted by molar-refractivity contribution is 0.405. The summed E-state index contributed by atoms with van der Waals surface area (Å²) in [6, 6.07) is 0. The van der Waals surface area contributed by atoms with Crippen LogP contribution in [-0.2, 0) is 4.57 Å². The fourth-order valence-electron chi connectivity index (χ4n) is 0. The van der Waals surface area contributed by atoms with Crippen LogP contribution in [0.15, 0.2) is 0 Å². The summed E-state index contributed by atoms with van der Waals surface area (Å²) in [6.45, 7) is 0. The van der Waals surface area contributed by atoms with Gasteiger partial charge in [-0.2, -0.15) is 0 Å². The Morgan fingerprint density at radius 2 is 1.14 bits per heavy atom. The van der Waals surface area contributed by atoms with Gasteiger partial charge in [-0.1, -0.05) is 7.43 Å². The van der Waals surface area contributed by atoms with Crippen LogP contribution in [0, 0.1) is 0 Å². The van der Waals surface area contributed by atoms with Gasteiger partial charge in [-0.25, -0.2) is 0 Å². The van der Waals surface area contributed by atoms with E-state index in [9.17, 15) is 0 Å². The lowest BCUT2D eigenvalue weighted by atomic mass is 12.0. The molecular formula is CH8Cl2O3P+. The SMILES string of the molecule is C.Cl.Cl.O=[P+](O)O. The summed E-state index contributed by atoms with van der Waals surface area (Å²) in [4.78, 5) is 14.2. The highest BCUT2D eigenvalue weighted by atomic mass is 35.5. The first kappa shape index (κ1) is 25.5. The Morgan fingerprint density at radius 3 is 1.14 bits per heavy atom. The fraction of sp³-hybridized carbons (Fsp3) is 1.00. The fourth-order valence-corrected chi connectivity index (χ4v) is 0. The Balaban J connectivity index is -0.0000000150. The van der Waals surface area contributed by atoms with Crippen molar-refractivity contribution in [2.24, 2.45) is 0 Å². The van der Waals surface area contributed by atoms with Crippen molar-refractivity contribution in [2.75, 3.05) is 0 Å². The van der Waals surface area contributed by atoms with Crippen LogP contribution in [0.3, 0.4) is 0 Å². The first-order chi connectivity index (χ1) is 1.73. The summed E-state index contributed by atoms with van der Waals surface area (Å²) in [7, 11) is -2.87.